The van der Waals surface area contributed by atoms with Crippen LogP contribution in [0.2, 0.25) is 5.02 Å². The fraction of sp³-hybridized carbons (Fsp3) is 0.480. The largest absolute Gasteiger partial charge is 0.368 e. The number of nitrogens with zero attached hydrogens (tertiary/aromatic N) is 4. The summed E-state index contributed by atoms with van der Waals surface area (Å²) in [7, 11) is 0. The minimum atomic E-state index is -0.0626. The summed E-state index contributed by atoms with van der Waals surface area (Å²) in [5.74, 6) is 0.945. The number of benzene rings is 1. The van der Waals surface area contributed by atoms with Crippen LogP contribution in [0.15, 0.2) is 30.5 Å². The number of pyridine rings is 1. The summed E-state index contributed by atoms with van der Waals surface area (Å²) in [5, 5.41) is 6.68. The number of anilines is 3. The van der Waals surface area contributed by atoms with Gasteiger partial charge in [-0.15, -0.1) is 0 Å². The van der Waals surface area contributed by atoms with Gasteiger partial charge in [0, 0.05) is 57.1 Å². The van der Waals surface area contributed by atoms with Crippen molar-refractivity contribution >= 4 is 40.6 Å². The van der Waals surface area contributed by atoms with Crippen LogP contribution < -0.4 is 20.4 Å². The van der Waals surface area contributed by atoms with Crippen LogP contribution in [0.4, 0.5) is 17.2 Å². The van der Waals surface area contributed by atoms with Gasteiger partial charge in [0.05, 0.1) is 16.4 Å². The summed E-state index contributed by atoms with van der Waals surface area (Å²) in [6, 6.07) is 7.94. The molecule has 3 aliphatic heterocycles. The molecule has 0 bridgehead atoms. The summed E-state index contributed by atoms with van der Waals surface area (Å²) >= 11 is 6.56. The van der Waals surface area contributed by atoms with Crippen molar-refractivity contribution in [3.63, 3.8) is 0 Å². The van der Waals surface area contributed by atoms with Crippen LogP contribution in [-0.4, -0.2) is 66.5 Å². The van der Waals surface area contributed by atoms with Gasteiger partial charge in [-0.2, -0.15) is 0 Å². The van der Waals surface area contributed by atoms with Gasteiger partial charge in [0.1, 0.15) is 6.04 Å². The molecule has 6 rings (SSSR count). The number of carbonyl (C=O) groups excluding carboxylic acids is 2. The molecule has 1 saturated carbocycles. The van der Waals surface area contributed by atoms with Crippen molar-refractivity contribution in [1.29, 1.82) is 0 Å². The van der Waals surface area contributed by atoms with Crippen molar-refractivity contribution in [2.45, 2.75) is 44.3 Å². The number of amides is 2. The Balaban J connectivity index is 1.07. The Morgan fingerprint density at radius 2 is 1.94 bits per heavy atom. The molecule has 2 saturated heterocycles. The molecule has 34 heavy (non-hydrogen) atoms. The molecule has 0 spiro atoms. The number of nitrogens with one attached hydrogen (secondary N) is 2. The number of halogens is 1. The smallest absolute Gasteiger partial charge is 0.251 e. The van der Waals surface area contributed by atoms with Crippen LogP contribution in [0.5, 0.6) is 0 Å². The monoisotopic (exact) mass is 480 g/mol. The second-order valence-corrected chi connectivity index (χ2v) is 10.1. The normalized spacial score (nSPS) is 22.3. The summed E-state index contributed by atoms with van der Waals surface area (Å²) in [6.07, 6.45) is 6.01. The maximum Gasteiger partial charge on any atom is 0.251 e. The zero-order valence-electron chi connectivity index (χ0n) is 19.1. The van der Waals surface area contributed by atoms with E-state index in [9.17, 15) is 9.59 Å². The molecule has 8 nitrogen and oxygen atoms in total. The molecule has 4 heterocycles. The lowest BCUT2D eigenvalue weighted by Crippen LogP contribution is -2.46. The van der Waals surface area contributed by atoms with Crippen molar-refractivity contribution in [3.05, 3.63) is 46.6 Å². The lowest BCUT2D eigenvalue weighted by molar-refractivity contribution is -0.117. The van der Waals surface area contributed by atoms with Gasteiger partial charge in [0.25, 0.3) is 5.91 Å². The molecule has 1 atom stereocenters. The molecule has 1 aromatic heterocycles. The molecule has 178 valence electrons. The number of piperazine rings is 1. The number of rotatable bonds is 5. The third kappa shape index (κ3) is 4.20. The maximum absolute atomic E-state index is 12.4. The lowest BCUT2D eigenvalue weighted by atomic mass is 10.1. The second-order valence-electron chi connectivity index (χ2n) is 9.73. The summed E-state index contributed by atoms with van der Waals surface area (Å²) in [4.78, 5) is 36.2. The minimum Gasteiger partial charge on any atom is -0.368 e. The SMILES string of the molecule is O=C(NC1CC1)c1ccc(N2CCN(Cc3cnc4c(c3)NC(=O)[C@@H]3CCCN43)CC2)c(Cl)c1. The first-order chi connectivity index (χ1) is 16.5. The Kier molecular flexibility index (Phi) is 5.57. The van der Waals surface area contributed by atoms with Crippen LogP contribution in [0.1, 0.15) is 41.6 Å². The predicted molar refractivity (Wildman–Crippen MR) is 133 cm³/mol. The lowest BCUT2D eigenvalue weighted by Gasteiger charge is -2.37. The third-order valence-corrected chi connectivity index (χ3v) is 7.55. The van der Waals surface area contributed by atoms with E-state index < -0.39 is 0 Å². The molecule has 1 aliphatic carbocycles. The van der Waals surface area contributed by atoms with E-state index in [4.69, 9.17) is 16.6 Å². The molecule has 2 N–H and O–H groups in total. The van der Waals surface area contributed by atoms with E-state index in [1.807, 2.05) is 18.3 Å². The quantitative estimate of drug-likeness (QED) is 0.685. The average molecular weight is 481 g/mol. The van der Waals surface area contributed by atoms with Crippen LogP contribution in [0.25, 0.3) is 0 Å². The Morgan fingerprint density at radius 3 is 2.71 bits per heavy atom. The molecule has 2 amide bonds. The van der Waals surface area contributed by atoms with Crippen molar-refractivity contribution in [2.75, 3.05) is 47.8 Å². The number of hydrogen-bond acceptors (Lipinski definition) is 6. The van der Waals surface area contributed by atoms with E-state index in [2.05, 4.69) is 31.4 Å². The van der Waals surface area contributed by atoms with E-state index in [1.165, 1.54) is 0 Å². The first-order valence-corrected chi connectivity index (χ1v) is 12.6. The van der Waals surface area contributed by atoms with Gasteiger partial charge in [-0.3, -0.25) is 14.5 Å². The standard InChI is InChI=1S/C25H29ClN6O2/c26-19-13-17(24(33)28-18-4-5-18)3-6-21(19)31-10-8-30(9-11-31)15-16-12-20-23(27-14-16)32-7-1-2-22(32)25(34)29-20/h3,6,12-14,18,22H,1-2,4-5,7-11,15H2,(H,28,33)(H,29,34)/t22-/m0/s1. The van der Waals surface area contributed by atoms with Gasteiger partial charge in [-0.25, -0.2) is 4.98 Å². The number of hydrogen-bond donors (Lipinski definition) is 2. The predicted octanol–water partition coefficient (Wildman–Crippen LogP) is 2.87. The van der Waals surface area contributed by atoms with Crippen LogP contribution in [0, 0.1) is 0 Å². The first kappa shape index (κ1) is 21.7. The van der Waals surface area contributed by atoms with Crippen molar-refractivity contribution < 1.29 is 9.59 Å². The maximum atomic E-state index is 12.4. The molecule has 4 aliphatic rings. The van der Waals surface area contributed by atoms with Gasteiger partial charge in [0.2, 0.25) is 5.91 Å². The molecular formula is C25H29ClN6O2. The molecule has 1 aromatic carbocycles. The highest BCUT2D eigenvalue weighted by Crippen LogP contribution is 2.35. The molecule has 2 aromatic rings. The zero-order chi connectivity index (χ0) is 23.2. The number of carbonyl (C=O) groups is 2. The Bertz CT molecular complexity index is 1130. The highest BCUT2D eigenvalue weighted by atomic mass is 35.5. The molecule has 3 fully saturated rings. The van der Waals surface area contributed by atoms with Gasteiger partial charge >= 0.3 is 0 Å². The molecule has 0 radical (unpaired) electrons. The Morgan fingerprint density at radius 1 is 1.12 bits per heavy atom. The topological polar surface area (TPSA) is 80.8 Å². The first-order valence-electron chi connectivity index (χ1n) is 12.2. The molecule has 9 heteroatoms. The highest BCUT2D eigenvalue weighted by Gasteiger charge is 2.37. The zero-order valence-corrected chi connectivity index (χ0v) is 19.9. The van der Waals surface area contributed by atoms with Crippen molar-refractivity contribution in [3.8, 4) is 0 Å². The van der Waals surface area contributed by atoms with E-state index in [0.29, 0.717) is 16.6 Å². The van der Waals surface area contributed by atoms with Gasteiger partial charge < -0.3 is 20.4 Å². The van der Waals surface area contributed by atoms with E-state index in [0.717, 1.165) is 87.7 Å². The van der Waals surface area contributed by atoms with E-state index in [-0.39, 0.29) is 17.9 Å². The summed E-state index contributed by atoms with van der Waals surface area (Å²) in [6.45, 7) is 5.21. The van der Waals surface area contributed by atoms with Crippen molar-refractivity contribution in [2.24, 2.45) is 0 Å². The van der Waals surface area contributed by atoms with Crippen LogP contribution in [-0.2, 0) is 11.3 Å². The van der Waals surface area contributed by atoms with E-state index in [1.54, 1.807) is 6.07 Å². The van der Waals surface area contributed by atoms with Crippen LogP contribution in [0.3, 0.4) is 0 Å². The average Bonchev–Trinajstić information content (AvgIpc) is 3.50. The molecule has 0 unspecified atom stereocenters. The van der Waals surface area contributed by atoms with Gasteiger partial charge in [-0.1, -0.05) is 11.6 Å². The molecular weight excluding hydrogens is 452 g/mol. The summed E-state index contributed by atoms with van der Waals surface area (Å²) in [5.41, 5.74) is 3.53. The van der Waals surface area contributed by atoms with Gasteiger partial charge in [0.15, 0.2) is 5.82 Å². The Labute approximate surface area is 204 Å². The third-order valence-electron chi connectivity index (χ3n) is 7.25. The summed E-state index contributed by atoms with van der Waals surface area (Å²) < 4.78 is 0. The van der Waals surface area contributed by atoms with Gasteiger partial charge in [-0.05, 0) is 55.5 Å². The van der Waals surface area contributed by atoms with Crippen LogP contribution >= 0.6 is 11.6 Å². The highest BCUT2D eigenvalue weighted by molar-refractivity contribution is 6.33. The van der Waals surface area contributed by atoms with E-state index >= 15 is 0 Å². The fourth-order valence-electron chi connectivity index (χ4n) is 5.22. The minimum absolute atomic E-state index is 0.0455. The Hall–Kier alpha value is -2.84. The fourth-order valence-corrected chi connectivity index (χ4v) is 5.52. The number of aromatic nitrogens is 1. The second kappa shape index (κ2) is 8.74. The van der Waals surface area contributed by atoms with Crippen molar-refractivity contribution in [1.82, 2.24) is 15.2 Å². The number of fused-ring (bicyclic) bond motifs is 3.